The van der Waals surface area contributed by atoms with Gasteiger partial charge in [0, 0.05) is 25.9 Å². The lowest BCUT2D eigenvalue weighted by molar-refractivity contribution is -0.140. The van der Waals surface area contributed by atoms with Crippen molar-refractivity contribution >= 4 is 17.7 Å². The van der Waals surface area contributed by atoms with Crippen LogP contribution in [0.25, 0.3) is 0 Å². The van der Waals surface area contributed by atoms with Gasteiger partial charge in [0.25, 0.3) is 0 Å². The highest BCUT2D eigenvalue weighted by molar-refractivity contribution is 8.01. The molecule has 1 N–H and O–H groups in total. The Kier molecular flexibility index (Phi) is 3.23. The third kappa shape index (κ3) is 2.09. The molecule has 16 heavy (non-hydrogen) atoms. The minimum atomic E-state index is -0.663. The summed E-state index contributed by atoms with van der Waals surface area (Å²) in [5, 5.41) is 9.31. The van der Waals surface area contributed by atoms with Crippen LogP contribution in [0.2, 0.25) is 0 Å². The Morgan fingerprint density at radius 3 is 3.06 bits per heavy atom. The van der Waals surface area contributed by atoms with Gasteiger partial charge in [-0.25, -0.2) is 4.98 Å². The third-order valence-electron chi connectivity index (χ3n) is 3.17. The minimum absolute atomic E-state index is 0.564. The molecular formula is C11H16N2O2S. The zero-order chi connectivity index (χ0) is 11.6. The first-order chi connectivity index (χ1) is 7.64. The summed E-state index contributed by atoms with van der Waals surface area (Å²) in [5.41, 5.74) is 0. The standard InChI is InChI=1S/C11H16N2O2S/c1-13-7-6-12-9(13)3-5-11(10(14)15)4-2-8-16-11/h6-7H,2-5,8H2,1H3,(H,14,15). The van der Waals surface area contributed by atoms with E-state index in [0.717, 1.165) is 30.8 Å². The van der Waals surface area contributed by atoms with Gasteiger partial charge in [-0.05, 0) is 25.0 Å². The zero-order valence-electron chi connectivity index (χ0n) is 9.35. The van der Waals surface area contributed by atoms with Crippen molar-refractivity contribution in [1.82, 2.24) is 9.55 Å². The zero-order valence-corrected chi connectivity index (χ0v) is 10.2. The van der Waals surface area contributed by atoms with Crippen molar-refractivity contribution in [3.8, 4) is 0 Å². The molecule has 1 aliphatic rings. The van der Waals surface area contributed by atoms with E-state index in [0.29, 0.717) is 6.42 Å². The molecule has 1 aromatic heterocycles. The molecule has 1 aliphatic heterocycles. The summed E-state index contributed by atoms with van der Waals surface area (Å²) in [5.74, 6) is 1.27. The monoisotopic (exact) mass is 240 g/mol. The van der Waals surface area contributed by atoms with Gasteiger partial charge in [0.05, 0.1) is 0 Å². The van der Waals surface area contributed by atoms with Crippen LogP contribution in [0.1, 0.15) is 25.1 Å². The van der Waals surface area contributed by atoms with E-state index < -0.39 is 10.7 Å². The quantitative estimate of drug-likeness (QED) is 0.870. The Bertz CT molecular complexity index is 383. The molecule has 5 heteroatoms. The van der Waals surface area contributed by atoms with Crippen molar-refractivity contribution in [3.05, 3.63) is 18.2 Å². The molecule has 1 aromatic rings. The van der Waals surface area contributed by atoms with E-state index in [1.54, 1.807) is 18.0 Å². The number of carbonyl (C=O) groups is 1. The van der Waals surface area contributed by atoms with Crippen molar-refractivity contribution in [3.63, 3.8) is 0 Å². The van der Waals surface area contributed by atoms with E-state index >= 15 is 0 Å². The van der Waals surface area contributed by atoms with Crippen LogP contribution < -0.4 is 0 Å². The number of aromatic nitrogens is 2. The molecule has 0 spiro atoms. The maximum absolute atomic E-state index is 11.3. The van der Waals surface area contributed by atoms with Gasteiger partial charge in [-0.1, -0.05) is 0 Å². The molecule has 0 aliphatic carbocycles. The molecule has 4 nitrogen and oxygen atoms in total. The lowest BCUT2D eigenvalue weighted by atomic mass is 9.97. The van der Waals surface area contributed by atoms with Crippen LogP contribution in [0.15, 0.2) is 12.4 Å². The molecular weight excluding hydrogens is 224 g/mol. The Labute approximate surface area is 99.1 Å². The molecule has 0 radical (unpaired) electrons. The smallest absolute Gasteiger partial charge is 0.319 e. The molecule has 1 saturated heterocycles. The molecule has 88 valence electrons. The third-order valence-corrected chi connectivity index (χ3v) is 4.79. The molecule has 1 unspecified atom stereocenters. The van der Waals surface area contributed by atoms with E-state index in [2.05, 4.69) is 4.98 Å². The number of thioether (sulfide) groups is 1. The topological polar surface area (TPSA) is 55.1 Å². The normalized spacial score (nSPS) is 24.8. The lowest BCUT2D eigenvalue weighted by Crippen LogP contribution is -2.33. The summed E-state index contributed by atoms with van der Waals surface area (Å²) in [4.78, 5) is 15.5. The van der Waals surface area contributed by atoms with Gasteiger partial charge in [0.15, 0.2) is 0 Å². The van der Waals surface area contributed by atoms with Gasteiger partial charge < -0.3 is 9.67 Å². The first-order valence-electron chi connectivity index (χ1n) is 5.48. The van der Waals surface area contributed by atoms with Crippen molar-refractivity contribution in [2.45, 2.75) is 30.4 Å². The summed E-state index contributed by atoms with van der Waals surface area (Å²) < 4.78 is 1.39. The van der Waals surface area contributed by atoms with E-state index in [1.165, 1.54) is 0 Å². The summed E-state index contributed by atoms with van der Waals surface area (Å²) in [7, 11) is 1.94. The Balaban J connectivity index is 2.03. The number of nitrogens with zero attached hydrogens (tertiary/aromatic N) is 2. The molecule has 0 aromatic carbocycles. The van der Waals surface area contributed by atoms with Crippen LogP contribution in [-0.4, -0.2) is 31.1 Å². The van der Waals surface area contributed by atoms with Crippen LogP contribution in [0, 0.1) is 0 Å². The van der Waals surface area contributed by atoms with Gasteiger partial charge in [-0.15, -0.1) is 11.8 Å². The lowest BCUT2D eigenvalue weighted by Gasteiger charge is -2.22. The Hall–Kier alpha value is -0.970. The van der Waals surface area contributed by atoms with Gasteiger partial charge in [0.1, 0.15) is 10.6 Å². The molecule has 2 heterocycles. The van der Waals surface area contributed by atoms with E-state index in [-0.39, 0.29) is 0 Å². The second-order valence-electron chi connectivity index (χ2n) is 4.21. The number of carboxylic acids is 1. The second-order valence-corrected chi connectivity index (χ2v) is 5.68. The molecule has 1 atom stereocenters. The average molecular weight is 240 g/mol. The number of aryl methyl sites for hydroxylation is 2. The SMILES string of the molecule is Cn1ccnc1CCC1(C(=O)O)CCCS1. The molecule has 0 bridgehead atoms. The molecule has 0 amide bonds. The van der Waals surface area contributed by atoms with Crippen molar-refractivity contribution in [2.24, 2.45) is 7.05 Å². The fourth-order valence-electron chi connectivity index (χ4n) is 2.12. The molecule has 2 rings (SSSR count). The van der Waals surface area contributed by atoms with Gasteiger partial charge in [-0.2, -0.15) is 0 Å². The summed E-state index contributed by atoms with van der Waals surface area (Å²) in [6.45, 7) is 0. The van der Waals surface area contributed by atoms with Gasteiger partial charge >= 0.3 is 5.97 Å². The van der Waals surface area contributed by atoms with Gasteiger partial charge in [-0.3, -0.25) is 4.79 Å². The summed E-state index contributed by atoms with van der Waals surface area (Å²) in [6, 6.07) is 0. The molecule has 1 fully saturated rings. The van der Waals surface area contributed by atoms with Crippen LogP contribution >= 0.6 is 11.8 Å². The highest BCUT2D eigenvalue weighted by Crippen LogP contribution is 2.41. The highest BCUT2D eigenvalue weighted by Gasteiger charge is 2.41. The first-order valence-corrected chi connectivity index (χ1v) is 6.46. The number of aliphatic carboxylic acids is 1. The fourth-order valence-corrected chi connectivity index (χ4v) is 3.46. The second kappa shape index (κ2) is 4.49. The van der Waals surface area contributed by atoms with Gasteiger partial charge in [0.2, 0.25) is 0 Å². The van der Waals surface area contributed by atoms with Crippen molar-refractivity contribution in [2.75, 3.05) is 5.75 Å². The molecule has 0 saturated carbocycles. The number of hydrogen-bond donors (Lipinski definition) is 1. The van der Waals surface area contributed by atoms with Crippen LogP contribution in [0.3, 0.4) is 0 Å². The minimum Gasteiger partial charge on any atom is -0.480 e. The Morgan fingerprint density at radius 2 is 2.56 bits per heavy atom. The average Bonchev–Trinajstić information content (AvgIpc) is 2.84. The van der Waals surface area contributed by atoms with Crippen molar-refractivity contribution in [1.29, 1.82) is 0 Å². The van der Waals surface area contributed by atoms with Crippen LogP contribution in [0.5, 0.6) is 0 Å². The predicted molar refractivity (Wildman–Crippen MR) is 63.6 cm³/mol. The van der Waals surface area contributed by atoms with Crippen molar-refractivity contribution < 1.29 is 9.90 Å². The number of carboxylic acid groups (broad SMARTS) is 1. The largest absolute Gasteiger partial charge is 0.480 e. The first kappa shape index (κ1) is 11.5. The number of imidazole rings is 1. The number of rotatable bonds is 4. The highest BCUT2D eigenvalue weighted by atomic mass is 32.2. The fraction of sp³-hybridized carbons (Fsp3) is 0.636. The van der Waals surface area contributed by atoms with E-state index in [1.807, 2.05) is 17.8 Å². The van der Waals surface area contributed by atoms with Crippen LogP contribution in [0.4, 0.5) is 0 Å². The Morgan fingerprint density at radius 1 is 1.75 bits per heavy atom. The number of hydrogen-bond acceptors (Lipinski definition) is 3. The van der Waals surface area contributed by atoms with E-state index in [9.17, 15) is 9.90 Å². The maximum Gasteiger partial charge on any atom is 0.319 e. The summed E-state index contributed by atoms with van der Waals surface area (Å²) in [6.07, 6.45) is 6.87. The predicted octanol–water partition coefficient (Wildman–Crippen LogP) is 1.70. The van der Waals surface area contributed by atoms with Crippen LogP contribution in [-0.2, 0) is 18.3 Å². The summed E-state index contributed by atoms with van der Waals surface area (Å²) >= 11 is 1.59. The maximum atomic E-state index is 11.3. The van der Waals surface area contributed by atoms with E-state index in [4.69, 9.17) is 0 Å².